The number of nitrogens with one attached hydrogen (secondary N) is 1. The van der Waals surface area contributed by atoms with Crippen molar-refractivity contribution in [2.24, 2.45) is 0 Å². The van der Waals surface area contributed by atoms with E-state index in [0.717, 1.165) is 0 Å². The fourth-order valence-electron chi connectivity index (χ4n) is 2.05. The number of benzene rings is 1. The highest BCUT2D eigenvalue weighted by Crippen LogP contribution is 2.37. The monoisotopic (exact) mass is 403 g/mol. The van der Waals surface area contributed by atoms with Crippen LogP contribution in [0.1, 0.15) is 21.8 Å². The predicted molar refractivity (Wildman–Crippen MR) is 79.7 cm³/mol. The average molecular weight is 403 g/mol. The van der Waals surface area contributed by atoms with E-state index in [1.54, 1.807) is 0 Å². The molecule has 146 valence electrons. The van der Waals surface area contributed by atoms with Crippen LogP contribution in [0.25, 0.3) is 11.5 Å². The Morgan fingerprint density at radius 2 is 1.61 bits per heavy atom. The molecule has 0 aliphatic rings. The Hall–Kier alpha value is -3.51. The molecule has 1 amide bonds. The summed E-state index contributed by atoms with van der Waals surface area (Å²) in [5.74, 6) is -2.03. The molecule has 0 saturated carbocycles. The van der Waals surface area contributed by atoms with Crippen LogP contribution in [0, 0.1) is 0 Å². The minimum atomic E-state index is -5.05. The van der Waals surface area contributed by atoms with Crippen LogP contribution in [0.5, 0.6) is 0 Å². The van der Waals surface area contributed by atoms with E-state index in [1.165, 1.54) is 18.6 Å². The molecule has 0 aliphatic carbocycles. The third-order valence-corrected chi connectivity index (χ3v) is 3.26. The maximum Gasteiger partial charge on any atom is 0.416 e. The molecule has 0 atom stereocenters. The van der Waals surface area contributed by atoms with E-state index in [4.69, 9.17) is 0 Å². The molecule has 0 spiro atoms. The van der Waals surface area contributed by atoms with Crippen LogP contribution >= 0.6 is 0 Å². The van der Waals surface area contributed by atoms with E-state index in [-0.39, 0.29) is 17.6 Å². The minimum Gasteiger partial charge on any atom is -0.328 e. The lowest BCUT2D eigenvalue weighted by Crippen LogP contribution is -2.16. The average Bonchev–Trinajstić information content (AvgIpc) is 3.11. The van der Waals surface area contributed by atoms with Crippen molar-refractivity contribution in [3.05, 3.63) is 53.8 Å². The maximum atomic E-state index is 12.9. The van der Waals surface area contributed by atoms with Crippen LogP contribution in [-0.2, 0) is 12.4 Å². The van der Waals surface area contributed by atoms with Crippen molar-refractivity contribution in [1.82, 2.24) is 20.1 Å². The van der Waals surface area contributed by atoms with E-state index in [1.807, 2.05) is 5.32 Å². The zero-order valence-electron chi connectivity index (χ0n) is 13.3. The highest BCUT2D eigenvalue weighted by molar-refractivity contribution is 6.01. The summed E-state index contributed by atoms with van der Waals surface area (Å²) in [6.45, 7) is 0. The molecule has 0 radical (unpaired) electrons. The molecule has 0 fully saturated rings. The van der Waals surface area contributed by atoms with Gasteiger partial charge in [0.2, 0.25) is 5.82 Å². The zero-order chi connectivity index (χ0) is 20.5. The topological polar surface area (TPSA) is 93.8 Å². The first-order chi connectivity index (χ1) is 13.0. The number of aromatic nitrogens is 4. The molecule has 1 N–H and O–H groups in total. The lowest BCUT2D eigenvalue weighted by Gasteiger charge is -2.14. The van der Waals surface area contributed by atoms with Gasteiger partial charge in [-0.15, -0.1) is 0 Å². The van der Waals surface area contributed by atoms with Gasteiger partial charge in [-0.2, -0.15) is 31.3 Å². The van der Waals surface area contributed by atoms with Crippen LogP contribution in [0.2, 0.25) is 0 Å². The van der Waals surface area contributed by atoms with E-state index in [0.29, 0.717) is 12.1 Å². The quantitative estimate of drug-likeness (QED) is 0.669. The second-order valence-electron chi connectivity index (χ2n) is 5.26. The minimum absolute atomic E-state index is 0.0610. The van der Waals surface area contributed by atoms with Gasteiger partial charge in [0, 0.05) is 18.1 Å². The molecule has 3 rings (SSSR count). The zero-order valence-corrected chi connectivity index (χ0v) is 13.3. The Morgan fingerprint density at radius 3 is 2.14 bits per heavy atom. The number of halogens is 6. The Morgan fingerprint density at radius 1 is 0.964 bits per heavy atom. The highest BCUT2D eigenvalue weighted by Gasteiger charge is 2.37. The number of hydrogen-bond acceptors (Lipinski definition) is 6. The summed E-state index contributed by atoms with van der Waals surface area (Å²) in [5.41, 5.74) is -3.76. The molecular weight excluding hydrogens is 396 g/mol. The van der Waals surface area contributed by atoms with Crippen molar-refractivity contribution >= 4 is 11.6 Å². The van der Waals surface area contributed by atoms with Gasteiger partial charge in [0.05, 0.1) is 17.3 Å². The third-order valence-electron chi connectivity index (χ3n) is 3.26. The first-order valence-corrected chi connectivity index (χ1v) is 7.25. The number of nitrogens with zero attached hydrogens (tertiary/aromatic N) is 4. The Bertz CT molecular complexity index is 968. The van der Waals surface area contributed by atoms with E-state index in [9.17, 15) is 31.1 Å². The molecule has 0 aliphatic heterocycles. The van der Waals surface area contributed by atoms with Crippen molar-refractivity contribution in [3.63, 3.8) is 0 Å². The lowest BCUT2D eigenvalue weighted by atomic mass is 10.1. The number of alkyl halides is 6. The molecular formula is C15H7F6N5O2. The normalized spacial score (nSPS) is 12.1. The van der Waals surface area contributed by atoms with Crippen molar-refractivity contribution in [2.75, 3.05) is 5.32 Å². The van der Waals surface area contributed by atoms with Gasteiger partial charge in [0.15, 0.2) is 0 Å². The summed E-state index contributed by atoms with van der Waals surface area (Å²) < 4.78 is 81.8. The molecule has 0 unspecified atom stereocenters. The van der Waals surface area contributed by atoms with Crippen LogP contribution in [0.3, 0.4) is 0 Å². The predicted octanol–water partition coefficient (Wildman–Crippen LogP) is 3.82. The van der Waals surface area contributed by atoms with Crippen LogP contribution in [0.4, 0.5) is 32.0 Å². The lowest BCUT2D eigenvalue weighted by molar-refractivity contribution is -0.143. The highest BCUT2D eigenvalue weighted by atomic mass is 19.4. The largest absolute Gasteiger partial charge is 0.416 e. The molecule has 3 aromatic rings. The second kappa shape index (κ2) is 6.90. The number of carbonyl (C=O) groups is 1. The maximum absolute atomic E-state index is 12.9. The summed E-state index contributed by atoms with van der Waals surface area (Å²) in [6.07, 6.45) is -6.17. The van der Waals surface area contributed by atoms with Crippen molar-refractivity contribution in [2.45, 2.75) is 12.4 Å². The van der Waals surface area contributed by atoms with Gasteiger partial charge in [-0.25, -0.2) is 4.98 Å². The van der Waals surface area contributed by atoms with Gasteiger partial charge in [0.1, 0.15) is 5.69 Å². The summed E-state index contributed by atoms with van der Waals surface area (Å²) >= 11 is 0. The fraction of sp³-hybridized carbons (Fsp3) is 0.133. The molecule has 2 heterocycles. The molecule has 0 bridgehead atoms. The smallest absolute Gasteiger partial charge is 0.328 e. The molecule has 1 aromatic carbocycles. The number of rotatable bonds is 3. The third kappa shape index (κ3) is 4.24. The van der Waals surface area contributed by atoms with Crippen molar-refractivity contribution < 1.29 is 35.7 Å². The number of amides is 1. The van der Waals surface area contributed by atoms with Crippen molar-refractivity contribution in [3.8, 4) is 11.5 Å². The van der Waals surface area contributed by atoms with E-state index < -0.39 is 41.0 Å². The number of carbonyl (C=O) groups excluding carboxylic acids is 1. The summed E-state index contributed by atoms with van der Waals surface area (Å²) in [5, 5.41) is 5.33. The number of anilines is 1. The first-order valence-electron chi connectivity index (χ1n) is 7.25. The number of hydrogen-bond donors (Lipinski definition) is 1. The van der Waals surface area contributed by atoms with E-state index in [2.05, 4.69) is 24.6 Å². The van der Waals surface area contributed by atoms with Crippen LogP contribution in [-0.4, -0.2) is 26.0 Å². The summed E-state index contributed by atoms with van der Waals surface area (Å²) in [4.78, 5) is 23.4. The Kier molecular flexibility index (Phi) is 4.75. The van der Waals surface area contributed by atoms with Gasteiger partial charge in [0.25, 0.3) is 0 Å². The summed E-state index contributed by atoms with van der Waals surface area (Å²) in [6, 6.07) is 0.648. The standard InChI is InChI=1S/C15H7F6N5O2/c16-14(17,18)7-3-8(15(19,20)21)5-9(4-7)24-12(27)13-25-11(26-28-13)10-6-22-1-2-23-10/h1-6H,(H,24,27). The molecule has 13 heteroatoms. The summed E-state index contributed by atoms with van der Waals surface area (Å²) in [7, 11) is 0. The van der Waals surface area contributed by atoms with Gasteiger partial charge < -0.3 is 9.84 Å². The SMILES string of the molecule is O=C(Nc1cc(C(F)(F)F)cc(C(F)(F)F)c1)c1nc(-c2cnccn2)no1. The second-order valence-corrected chi connectivity index (χ2v) is 5.26. The van der Waals surface area contributed by atoms with Gasteiger partial charge >= 0.3 is 24.2 Å². The van der Waals surface area contributed by atoms with Crippen LogP contribution in [0.15, 0.2) is 41.3 Å². The van der Waals surface area contributed by atoms with Crippen LogP contribution < -0.4 is 5.32 Å². The van der Waals surface area contributed by atoms with Gasteiger partial charge in [-0.05, 0) is 18.2 Å². The molecule has 2 aromatic heterocycles. The molecule has 28 heavy (non-hydrogen) atoms. The first kappa shape index (κ1) is 19.3. The van der Waals surface area contributed by atoms with Crippen molar-refractivity contribution in [1.29, 1.82) is 0 Å². The molecule has 7 nitrogen and oxygen atoms in total. The Labute approximate surface area is 151 Å². The van der Waals surface area contributed by atoms with Gasteiger partial charge in [-0.3, -0.25) is 9.78 Å². The molecule has 0 saturated heterocycles. The fourth-order valence-corrected chi connectivity index (χ4v) is 2.05. The Balaban J connectivity index is 1.89. The van der Waals surface area contributed by atoms with E-state index >= 15 is 0 Å². The van der Waals surface area contributed by atoms with Gasteiger partial charge in [-0.1, -0.05) is 5.16 Å².